The van der Waals surface area contributed by atoms with Gasteiger partial charge in [-0.15, -0.1) is 0 Å². The van der Waals surface area contributed by atoms with Crippen LogP contribution < -0.4 is 10.6 Å². The molecule has 0 bridgehead atoms. The Hall–Kier alpha value is -4.07. The molecule has 1 saturated carbocycles. The largest absolute Gasteiger partial charge is 0.361 e. The Morgan fingerprint density at radius 1 is 0.941 bits per heavy atom. The van der Waals surface area contributed by atoms with E-state index in [0.717, 1.165) is 11.1 Å². The second kappa shape index (κ2) is 8.70. The van der Waals surface area contributed by atoms with Gasteiger partial charge in [0.15, 0.2) is 11.6 Å². The van der Waals surface area contributed by atoms with Gasteiger partial charge in [-0.2, -0.15) is 0 Å². The van der Waals surface area contributed by atoms with E-state index in [-0.39, 0.29) is 60.7 Å². The fourth-order valence-corrected chi connectivity index (χ4v) is 4.84. The average molecular weight is 457 g/mol. The first-order valence-corrected chi connectivity index (χ1v) is 11.3. The molecule has 172 valence electrons. The molecule has 2 heterocycles. The molecule has 1 unspecified atom stereocenters. The van der Waals surface area contributed by atoms with E-state index in [1.807, 2.05) is 30.3 Å². The number of nitrogens with one attached hydrogen (secondary N) is 2. The molecule has 34 heavy (non-hydrogen) atoms. The summed E-state index contributed by atoms with van der Waals surface area (Å²) < 4.78 is 0. The number of piperidine rings is 1. The minimum atomic E-state index is -0.675. The number of carbonyl (C=O) groups excluding carboxylic acids is 5. The molecule has 2 N–H and O–H groups in total. The molecule has 0 spiro atoms. The van der Waals surface area contributed by atoms with E-state index in [1.54, 1.807) is 18.2 Å². The number of carbonyl (C=O) groups is 5. The van der Waals surface area contributed by atoms with Crippen LogP contribution in [0.1, 0.15) is 53.1 Å². The molecule has 0 aromatic heterocycles. The van der Waals surface area contributed by atoms with Crippen molar-refractivity contribution in [3.63, 3.8) is 0 Å². The Labute approximate surface area is 196 Å². The van der Waals surface area contributed by atoms with Crippen LogP contribution in [0.4, 0.5) is 5.69 Å². The van der Waals surface area contributed by atoms with E-state index in [0.29, 0.717) is 17.7 Å². The van der Waals surface area contributed by atoms with E-state index in [1.165, 1.54) is 11.1 Å². The standard InChI is InChI=1S/C26H23N3O5/c30-22-11-16(15-4-2-1-3-5-15)12-23(31)20(22)13-27-18-6-7-19-17(10-18)14-29(26(19)34)21-8-9-24(32)28-25(21)33/h1-7,10,13,16,21,27H,8-9,11-12,14H2,(H,28,32,33). The molecule has 1 saturated heterocycles. The van der Waals surface area contributed by atoms with Gasteiger partial charge in [-0.05, 0) is 41.7 Å². The van der Waals surface area contributed by atoms with Crippen molar-refractivity contribution in [1.82, 2.24) is 10.2 Å². The van der Waals surface area contributed by atoms with Crippen LogP contribution in [0.15, 0.2) is 60.3 Å². The lowest BCUT2D eigenvalue weighted by atomic mass is 9.80. The van der Waals surface area contributed by atoms with Gasteiger partial charge in [0.2, 0.25) is 11.8 Å². The van der Waals surface area contributed by atoms with E-state index >= 15 is 0 Å². The SMILES string of the molecule is O=C1CCC(N2Cc3cc(NC=C4C(=O)CC(c5ccccc5)CC4=O)ccc3C2=O)C(=O)N1. The lowest BCUT2D eigenvalue weighted by molar-refractivity contribution is -0.137. The summed E-state index contributed by atoms with van der Waals surface area (Å²) in [5.74, 6) is -1.53. The van der Waals surface area contributed by atoms with Crippen molar-refractivity contribution in [3.8, 4) is 0 Å². The third-order valence-electron chi connectivity index (χ3n) is 6.64. The summed E-state index contributed by atoms with van der Waals surface area (Å²) in [6, 6.07) is 14.0. The Kier molecular flexibility index (Phi) is 5.57. The number of hydrogen-bond acceptors (Lipinski definition) is 6. The summed E-state index contributed by atoms with van der Waals surface area (Å²) in [5.41, 5.74) is 3.01. The summed E-state index contributed by atoms with van der Waals surface area (Å²) in [7, 11) is 0. The summed E-state index contributed by atoms with van der Waals surface area (Å²) in [4.78, 5) is 63.2. The fourth-order valence-electron chi connectivity index (χ4n) is 4.84. The van der Waals surface area contributed by atoms with Gasteiger partial charge < -0.3 is 10.2 Å². The first-order valence-electron chi connectivity index (χ1n) is 11.3. The Bertz CT molecular complexity index is 1230. The Morgan fingerprint density at radius 2 is 1.68 bits per heavy atom. The normalized spacial score (nSPS) is 22.5. The Morgan fingerprint density at radius 3 is 2.38 bits per heavy atom. The molecule has 1 atom stereocenters. The number of amides is 3. The van der Waals surface area contributed by atoms with Gasteiger partial charge in [-0.3, -0.25) is 29.3 Å². The maximum absolute atomic E-state index is 12.8. The second-order valence-corrected chi connectivity index (χ2v) is 8.84. The first kappa shape index (κ1) is 21.8. The van der Waals surface area contributed by atoms with Crippen LogP contribution >= 0.6 is 0 Å². The molecule has 8 nitrogen and oxygen atoms in total. The molecular weight excluding hydrogens is 434 g/mol. The highest BCUT2D eigenvalue weighted by Crippen LogP contribution is 2.32. The highest BCUT2D eigenvalue weighted by Gasteiger charge is 2.39. The summed E-state index contributed by atoms with van der Waals surface area (Å²) in [6.45, 7) is 0.253. The maximum Gasteiger partial charge on any atom is 0.255 e. The lowest BCUT2D eigenvalue weighted by Gasteiger charge is -2.29. The maximum atomic E-state index is 12.8. The molecule has 2 aromatic carbocycles. The van der Waals surface area contributed by atoms with Crippen molar-refractivity contribution in [2.45, 2.75) is 44.2 Å². The predicted molar refractivity (Wildman–Crippen MR) is 123 cm³/mol. The number of allylic oxidation sites excluding steroid dienone is 1. The van der Waals surface area contributed by atoms with E-state index in [9.17, 15) is 24.0 Å². The van der Waals surface area contributed by atoms with Gasteiger partial charge in [0.25, 0.3) is 5.91 Å². The minimum Gasteiger partial charge on any atom is -0.361 e. The molecule has 1 aliphatic carbocycles. The minimum absolute atomic E-state index is 0.109. The summed E-state index contributed by atoms with van der Waals surface area (Å²) in [5, 5.41) is 5.31. The van der Waals surface area contributed by atoms with Crippen LogP contribution in [-0.4, -0.2) is 40.2 Å². The smallest absolute Gasteiger partial charge is 0.255 e. The molecule has 2 aliphatic heterocycles. The van der Waals surface area contributed by atoms with Gasteiger partial charge >= 0.3 is 0 Å². The molecule has 2 fully saturated rings. The third-order valence-corrected chi connectivity index (χ3v) is 6.64. The number of fused-ring (bicyclic) bond motifs is 1. The number of hydrogen-bond donors (Lipinski definition) is 2. The zero-order chi connectivity index (χ0) is 23.8. The molecule has 2 aromatic rings. The van der Waals surface area contributed by atoms with Crippen molar-refractivity contribution in [3.05, 3.63) is 77.0 Å². The van der Waals surface area contributed by atoms with Gasteiger partial charge in [-0.1, -0.05) is 30.3 Å². The number of rotatable bonds is 4. The number of ketones is 2. The molecular formula is C26H23N3O5. The average Bonchev–Trinajstić information content (AvgIpc) is 3.14. The van der Waals surface area contributed by atoms with Crippen LogP contribution in [0.5, 0.6) is 0 Å². The highest BCUT2D eigenvalue weighted by molar-refractivity contribution is 6.22. The van der Waals surface area contributed by atoms with Crippen molar-refractivity contribution < 1.29 is 24.0 Å². The predicted octanol–water partition coefficient (Wildman–Crippen LogP) is 2.46. The van der Waals surface area contributed by atoms with Crippen molar-refractivity contribution >= 4 is 35.0 Å². The number of benzene rings is 2. The lowest BCUT2D eigenvalue weighted by Crippen LogP contribution is -2.52. The molecule has 8 heteroatoms. The first-order chi connectivity index (χ1) is 16.4. The molecule has 0 radical (unpaired) electrons. The monoisotopic (exact) mass is 457 g/mol. The second-order valence-electron chi connectivity index (χ2n) is 8.84. The van der Waals surface area contributed by atoms with E-state index in [4.69, 9.17) is 0 Å². The summed E-state index contributed by atoms with van der Waals surface area (Å²) in [6.07, 6.45) is 2.51. The molecule has 3 aliphatic rings. The zero-order valence-electron chi connectivity index (χ0n) is 18.4. The van der Waals surface area contributed by atoms with Crippen LogP contribution in [0.2, 0.25) is 0 Å². The third kappa shape index (κ3) is 4.03. The van der Waals surface area contributed by atoms with Crippen LogP contribution in [0, 0.1) is 0 Å². The highest BCUT2D eigenvalue weighted by atomic mass is 16.2. The van der Waals surface area contributed by atoms with E-state index in [2.05, 4.69) is 10.6 Å². The number of anilines is 1. The van der Waals surface area contributed by atoms with Crippen molar-refractivity contribution in [2.24, 2.45) is 0 Å². The van der Waals surface area contributed by atoms with Gasteiger partial charge in [0.1, 0.15) is 6.04 Å². The number of nitrogens with zero attached hydrogens (tertiary/aromatic N) is 1. The van der Waals surface area contributed by atoms with Crippen LogP contribution in [0.25, 0.3) is 0 Å². The summed E-state index contributed by atoms with van der Waals surface area (Å²) >= 11 is 0. The van der Waals surface area contributed by atoms with Gasteiger partial charge in [0, 0.05) is 43.3 Å². The topological polar surface area (TPSA) is 113 Å². The molecule has 5 rings (SSSR count). The number of Topliss-reactive ketones (excluding diaryl/α,β-unsaturated/α-hetero) is 2. The Balaban J connectivity index is 1.28. The zero-order valence-corrected chi connectivity index (χ0v) is 18.4. The van der Waals surface area contributed by atoms with Crippen molar-refractivity contribution in [1.29, 1.82) is 0 Å². The van der Waals surface area contributed by atoms with Crippen LogP contribution in [-0.2, 0) is 25.7 Å². The quantitative estimate of drug-likeness (QED) is 0.414. The van der Waals surface area contributed by atoms with E-state index < -0.39 is 11.9 Å². The van der Waals surface area contributed by atoms with Crippen molar-refractivity contribution in [2.75, 3.05) is 5.32 Å². The van der Waals surface area contributed by atoms with Gasteiger partial charge in [0.05, 0.1) is 5.57 Å². The van der Waals surface area contributed by atoms with Crippen LogP contribution in [0.3, 0.4) is 0 Å². The fraction of sp³-hybridized carbons (Fsp3) is 0.269. The number of imide groups is 1. The van der Waals surface area contributed by atoms with Gasteiger partial charge in [-0.25, -0.2) is 0 Å². The molecule has 3 amide bonds.